The average molecular weight is 353 g/mol. The molecule has 8 heteroatoms. The maximum Gasteiger partial charge on any atom is 0.256 e. The van der Waals surface area contributed by atoms with E-state index in [2.05, 4.69) is 9.97 Å². The standard InChI is InChI=1S/C16H17F2N3O2S/c1-23-9-5-12(17)10(13(18)6-9)7-21-4-3-14-11(8-21)15(22)20-16(19-14)24-2/h5-6H,3-4,7-8H2,1-2H3,(H,19,20,22). The zero-order chi connectivity index (χ0) is 17.3. The lowest BCUT2D eigenvalue weighted by Crippen LogP contribution is -2.35. The highest BCUT2D eigenvalue weighted by Gasteiger charge is 2.23. The number of ether oxygens (including phenoxy) is 1. The van der Waals surface area contributed by atoms with Crippen LogP contribution in [-0.4, -0.2) is 34.8 Å². The minimum absolute atomic E-state index is 0.0237. The van der Waals surface area contributed by atoms with Gasteiger partial charge in [0.1, 0.15) is 17.4 Å². The van der Waals surface area contributed by atoms with Crippen LogP contribution < -0.4 is 10.3 Å². The van der Waals surface area contributed by atoms with Gasteiger partial charge in [0.2, 0.25) is 0 Å². The van der Waals surface area contributed by atoms with Gasteiger partial charge in [0, 0.05) is 43.8 Å². The van der Waals surface area contributed by atoms with E-state index >= 15 is 0 Å². The number of fused-ring (bicyclic) bond motifs is 1. The van der Waals surface area contributed by atoms with Gasteiger partial charge in [-0.3, -0.25) is 9.69 Å². The fourth-order valence-corrected chi connectivity index (χ4v) is 3.16. The molecule has 5 nitrogen and oxygen atoms in total. The monoisotopic (exact) mass is 353 g/mol. The molecule has 0 amide bonds. The number of rotatable bonds is 4. The van der Waals surface area contributed by atoms with Crippen molar-refractivity contribution in [2.24, 2.45) is 0 Å². The molecule has 0 fully saturated rings. The Morgan fingerprint density at radius 2 is 2.08 bits per heavy atom. The first-order valence-electron chi connectivity index (χ1n) is 7.42. The topological polar surface area (TPSA) is 58.2 Å². The third-order valence-electron chi connectivity index (χ3n) is 4.05. The maximum absolute atomic E-state index is 14.1. The van der Waals surface area contributed by atoms with E-state index in [0.717, 1.165) is 17.8 Å². The summed E-state index contributed by atoms with van der Waals surface area (Å²) in [5, 5.41) is 0.583. The van der Waals surface area contributed by atoms with Crippen molar-refractivity contribution in [3.8, 4) is 5.75 Å². The quantitative estimate of drug-likeness (QED) is 0.675. The van der Waals surface area contributed by atoms with Crippen LogP contribution in [0.1, 0.15) is 16.8 Å². The Hall–Kier alpha value is -1.93. The molecule has 0 spiro atoms. The summed E-state index contributed by atoms with van der Waals surface area (Å²) in [5.41, 5.74) is 1.11. The lowest BCUT2D eigenvalue weighted by molar-refractivity contribution is 0.233. The van der Waals surface area contributed by atoms with Crippen LogP contribution in [0.4, 0.5) is 8.78 Å². The van der Waals surface area contributed by atoms with Crippen molar-refractivity contribution in [3.05, 3.63) is 50.9 Å². The number of benzene rings is 1. The number of hydrogen-bond acceptors (Lipinski definition) is 5. The zero-order valence-corrected chi connectivity index (χ0v) is 14.2. The summed E-state index contributed by atoms with van der Waals surface area (Å²) in [7, 11) is 1.36. The molecule has 3 rings (SSSR count). The molecular weight excluding hydrogens is 336 g/mol. The summed E-state index contributed by atoms with van der Waals surface area (Å²) in [4.78, 5) is 21.1. The Labute approximate surface area is 142 Å². The first-order chi connectivity index (χ1) is 11.5. The first kappa shape index (κ1) is 16.9. The van der Waals surface area contributed by atoms with Crippen LogP contribution in [0.15, 0.2) is 22.1 Å². The number of thioether (sulfide) groups is 1. The minimum Gasteiger partial charge on any atom is -0.497 e. The van der Waals surface area contributed by atoms with Crippen molar-refractivity contribution in [3.63, 3.8) is 0 Å². The molecule has 0 saturated carbocycles. The van der Waals surface area contributed by atoms with Gasteiger partial charge in [-0.2, -0.15) is 0 Å². The molecule has 2 aromatic rings. The van der Waals surface area contributed by atoms with E-state index in [9.17, 15) is 13.6 Å². The SMILES string of the molecule is COc1cc(F)c(CN2CCc3nc(SC)[nH]c(=O)c3C2)c(F)c1. The molecule has 0 atom stereocenters. The number of nitrogens with zero attached hydrogens (tertiary/aromatic N) is 2. The lowest BCUT2D eigenvalue weighted by atomic mass is 10.1. The third kappa shape index (κ3) is 3.29. The molecule has 2 heterocycles. The first-order valence-corrected chi connectivity index (χ1v) is 8.64. The van der Waals surface area contributed by atoms with E-state index in [1.54, 1.807) is 0 Å². The van der Waals surface area contributed by atoms with Gasteiger partial charge in [0.05, 0.1) is 18.4 Å². The highest BCUT2D eigenvalue weighted by atomic mass is 32.2. The van der Waals surface area contributed by atoms with Gasteiger partial charge in [0.25, 0.3) is 5.56 Å². The molecule has 24 heavy (non-hydrogen) atoms. The van der Waals surface area contributed by atoms with Gasteiger partial charge in [0.15, 0.2) is 5.16 Å². The molecule has 0 saturated heterocycles. The van der Waals surface area contributed by atoms with Crippen LogP contribution in [0.5, 0.6) is 5.75 Å². The van der Waals surface area contributed by atoms with E-state index in [0.29, 0.717) is 30.2 Å². The smallest absolute Gasteiger partial charge is 0.256 e. The molecule has 0 unspecified atom stereocenters. The summed E-state index contributed by atoms with van der Waals surface area (Å²) in [6.07, 6.45) is 2.42. The van der Waals surface area contributed by atoms with Crippen molar-refractivity contribution >= 4 is 11.8 Å². The van der Waals surface area contributed by atoms with Crippen molar-refractivity contribution in [2.75, 3.05) is 19.9 Å². The summed E-state index contributed by atoms with van der Waals surface area (Å²) >= 11 is 1.38. The number of hydrogen-bond donors (Lipinski definition) is 1. The van der Waals surface area contributed by atoms with Crippen LogP contribution in [0.2, 0.25) is 0 Å². The average Bonchev–Trinajstić information content (AvgIpc) is 2.58. The highest BCUT2D eigenvalue weighted by molar-refractivity contribution is 7.98. The number of H-pyrrole nitrogens is 1. The second kappa shape index (κ2) is 6.90. The van der Waals surface area contributed by atoms with E-state index in [1.807, 2.05) is 11.2 Å². The third-order valence-corrected chi connectivity index (χ3v) is 4.63. The molecule has 1 N–H and O–H groups in total. The number of methoxy groups -OCH3 is 1. The normalized spacial score (nSPS) is 14.5. The molecule has 0 bridgehead atoms. The van der Waals surface area contributed by atoms with E-state index in [1.165, 1.54) is 18.9 Å². The predicted octanol–water partition coefficient (Wildman–Crippen LogP) is 2.34. The Morgan fingerprint density at radius 3 is 2.71 bits per heavy atom. The minimum atomic E-state index is -0.651. The number of halogens is 2. The van der Waals surface area contributed by atoms with Gasteiger partial charge in [-0.05, 0) is 6.26 Å². The predicted molar refractivity (Wildman–Crippen MR) is 87.4 cm³/mol. The highest BCUT2D eigenvalue weighted by Crippen LogP contribution is 2.24. The van der Waals surface area contributed by atoms with Gasteiger partial charge < -0.3 is 9.72 Å². The summed E-state index contributed by atoms with van der Waals surface area (Å²) in [6, 6.07) is 2.32. The molecule has 1 aliphatic rings. The maximum atomic E-state index is 14.1. The Balaban J connectivity index is 1.83. The number of aromatic nitrogens is 2. The van der Waals surface area contributed by atoms with Gasteiger partial charge in [-0.25, -0.2) is 13.8 Å². The molecule has 128 valence electrons. The molecule has 1 aromatic carbocycles. The van der Waals surface area contributed by atoms with E-state index in [-0.39, 0.29) is 23.4 Å². The molecule has 0 aliphatic carbocycles. The summed E-state index contributed by atoms with van der Waals surface area (Å²) < 4.78 is 33.0. The van der Waals surface area contributed by atoms with Crippen LogP contribution in [0.25, 0.3) is 0 Å². The van der Waals surface area contributed by atoms with E-state index in [4.69, 9.17) is 4.74 Å². The Morgan fingerprint density at radius 1 is 1.38 bits per heavy atom. The Bertz CT molecular complexity index is 802. The van der Waals surface area contributed by atoms with Gasteiger partial charge in [-0.1, -0.05) is 11.8 Å². The van der Waals surface area contributed by atoms with Crippen LogP contribution in [-0.2, 0) is 19.5 Å². The van der Waals surface area contributed by atoms with Crippen LogP contribution in [0, 0.1) is 11.6 Å². The Kier molecular flexibility index (Phi) is 4.86. The molecule has 0 radical (unpaired) electrons. The van der Waals surface area contributed by atoms with Crippen LogP contribution >= 0.6 is 11.8 Å². The lowest BCUT2D eigenvalue weighted by Gasteiger charge is -2.28. The summed E-state index contributed by atoms with van der Waals surface area (Å²) in [6.45, 7) is 0.990. The number of aromatic amines is 1. The second-order valence-corrected chi connectivity index (χ2v) is 6.33. The van der Waals surface area contributed by atoms with Crippen molar-refractivity contribution in [1.29, 1.82) is 0 Å². The van der Waals surface area contributed by atoms with Gasteiger partial charge in [-0.15, -0.1) is 0 Å². The van der Waals surface area contributed by atoms with Crippen molar-refractivity contribution < 1.29 is 13.5 Å². The van der Waals surface area contributed by atoms with Crippen molar-refractivity contribution in [1.82, 2.24) is 14.9 Å². The molecule has 1 aliphatic heterocycles. The van der Waals surface area contributed by atoms with Crippen LogP contribution in [0.3, 0.4) is 0 Å². The zero-order valence-electron chi connectivity index (χ0n) is 13.4. The fraction of sp³-hybridized carbons (Fsp3) is 0.375. The number of nitrogens with one attached hydrogen (secondary N) is 1. The molecular formula is C16H17F2N3O2S. The van der Waals surface area contributed by atoms with Gasteiger partial charge >= 0.3 is 0 Å². The van der Waals surface area contributed by atoms with Crippen molar-refractivity contribution in [2.45, 2.75) is 24.7 Å². The summed E-state index contributed by atoms with van der Waals surface area (Å²) in [5.74, 6) is -1.16. The largest absolute Gasteiger partial charge is 0.497 e. The fourth-order valence-electron chi connectivity index (χ4n) is 2.76. The second-order valence-electron chi connectivity index (χ2n) is 5.53. The van der Waals surface area contributed by atoms with E-state index < -0.39 is 11.6 Å². The molecule has 1 aromatic heterocycles.